The molecule has 0 saturated carbocycles. The summed E-state index contributed by atoms with van der Waals surface area (Å²) in [5.74, 6) is 2.07. The molecule has 126 valence electrons. The van der Waals surface area contributed by atoms with Crippen LogP contribution in [0.15, 0.2) is 42.7 Å². The molecule has 1 aliphatic heterocycles. The average molecular weight is 327 g/mol. The SMILES string of the molecule is CN(C)c1ncccc1OC1CCN(C(=O)Nc2ccccn2)C1. The minimum Gasteiger partial charge on any atom is -0.485 e. The number of hydrogen-bond acceptors (Lipinski definition) is 5. The number of aromatic nitrogens is 2. The van der Waals surface area contributed by atoms with Crippen LogP contribution < -0.4 is 15.0 Å². The molecule has 1 N–H and O–H groups in total. The van der Waals surface area contributed by atoms with Gasteiger partial charge in [0, 0.05) is 39.5 Å². The van der Waals surface area contributed by atoms with Gasteiger partial charge in [-0.05, 0) is 24.3 Å². The molecule has 24 heavy (non-hydrogen) atoms. The molecule has 1 saturated heterocycles. The van der Waals surface area contributed by atoms with Crippen LogP contribution in [-0.2, 0) is 0 Å². The molecule has 0 aliphatic carbocycles. The van der Waals surface area contributed by atoms with Gasteiger partial charge in [0.1, 0.15) is 11.9 Å². The number of anilines is 2. The number of amides is 2. The number of rotatable bonds is 4. The molecule has 0 bridgehead atoms. The van der Waals surface area contributed by atoms with Crippen LogP contribution in [0.25, 0.3) is 0 Å². The fourth-order valence-corrected chi connectivity index (χ4v) is 2.62. The zero-order valence-electron chi connectivity index (χ0n) is 13.8. The highest BCUT2D eigenvalue weighted by atomic mass is 16.5. The van der Waals surface area contributed by atoms with Crippen LogP contribution in [0.2, 0.25) is 0 Å². The zero-order chi connectivity index (χ0) is 16.9. The maximum absolute atomic E-state index is 12.3. The Kier molecular flexibility index (Phi) is 4.79. The number of urea groups is 1. The molecular weight excluding hydrogens is 306 g/mol. The van der Waals surface area contributed by atoms with E-state index < -0.39 is 0 Å². The molecule has 0 aromatic carbocycles. The number of carbonyl (C=O) groups excluding carboxylic acids is 1. The van der Waals surface area contributed by atoms with Gasteiger partial charge in [-0.1, -0.05) is 6.07 Å². The van der Waals surface area contributed by atoms with Gasteiger partial charge in [-0.3, -0.25) is 5.32 Å². The maximum Gasteiger partial charge on any atom is 0.323 e. The van der Waals surface area contributed by atoms with E-state index in [1.807, 2.05) is 43.3 Å². The summed E-state index contributed by atoms with van der Waals surface area (Å²) in [7, 11) is 3.85. The number of pyridine rings is 2. The number of ether oxygens (including phenoxy) is 1. The van der Waals surface area contributed by atoms with Crippen molar-refractivity contribution in [2.45, 2.75) is 12.5 Å². The first-order chi connectivity index (χ1) is 11.6. The fraction of sp³-hybridized carbons (Fsp3) is 0.353. The van der Waals surface area contributed by atoms with Gasteiger partial charge in [0.05, 0.1) is 6.54 Å². The van der Waals surface area contributed by atoms with E-state index >= 15 is 0 Å². The largest absolute Gasteiger partial charge is 0.485 e. The second-order valence-electron chi connectivity index (χ2n) is 5.84. The quantitative estimate of drug-likeness (QED) is 0.932. The third-order valence-electron chi connectivity index (χ3n) is 3.80. The summed E-state index contributed by atoms with van der Waals surface area (Å²) in [4.78, 5) is 24.4. The Labute approximate surface area is 141 Å². The van der Waals surface area contributed by atoms with Crippen molar-refractivity contribution in [1.29, 1.82) is 0 Å². The predicted molar refractivity (Wildman–Crippen MR) is 92.4 cm³/mol. The minimum absolute atomic E-state index is 0.0395. The highest BCUT2D eigenvalue weighted by molar-refractivity contribution is 5.88. The molecule has 2 amide bonds. The molecule has 0 radical (unpaired) electrons. The topological polar surface area (TPSA) is 70.6 Å². The van der Waals surface area contributed by atoms with Gasteiger partial charge in [-0.2, -0.15) is 0 Å². The van der Waals surface area contributed by atoms with E-state index in [9.17, 15) is 4.79 Å². The summed E-state index contributed by atoms with van der Waals surface area (Å²) in [5.41, 5.74) is 0. The summed E-state index contributed by atoms with van der Waals surface area (Å²) in [6, 6.07) is 9.01. The van der Waals surface area contributed by atoms with Gasteiger partial charge in [0.25, 0.3) is 0 Å². The van der Waals surface area contributed by atoms with E-state index in [2.05, 4.69) is 15.3 Å². The van der Waals surface area contributed by atoms with E-state index in [-0.39, 0.29) is 12.1 Å². The molecule has 1 unspecified atom stereocenters. The summed E-state index contributed by atoms with van der Waals surface area (Å²) in [5, 5.41) is 2.80. The van der Waals surface area contributed by atoms with Crippen LogP contribution in [0.4, 0.5) is 16.4 Å². The second kappa shape index (κ2) is 7.16. The Morgan fingerprint density at radius 2 is 2.08 bits per heavy atom. The number of hydrogen-bond donors (Lipinski definition) is 1. The number of nitrogens with one attached hydrogen (secondary N) is 1. The molecular formula is C17H21N5O2. The summed E-state index contributed by atoms with van der Waals surface area (Å²) in [6.07, 6.45) is 4.14. The highest BCUT2D eigenvalue weighted by Gasteiger charge is 2.28. The lowest BCUT2D eigenvalue weighted by atomic mass is 10.3. The standard InChI is InChI=1S/C17H21N5O2/c1-21(2)16-14(6-5-10-19-16)24-13-8-11-22(12-13)17(23)20-15-7-3-4-9-18-15/h3-7,9-10,13H,8,11-12H2,1-2H3,(H,18,20,23). The van der Waals surface area contributed by atoms with E-state index in [1.54, 1.807) is 23.4 Å². The van der Waals surface area contributed by atoms with Gasteiger partial charge in [-0.15, -0.1) is 0 Å². The molecule has 3 heterocycles. The van der Waals surface area contributed by atoms with Crippen LogP contribution >= 0.6 is 0 Å². The summed E-state index contributed by atoms with van der Waals surface area (Å²) < 4.78 is 6.06. The van der Waals surface area contributed by atoms with Gasteiger partial charge < -0.3 is 14.5 Å². The second-order valence-corrected chi connectivity index (χ2v) is 5.84. The number of likely N-dealkylation sites (tertiary alicyclic amines) is 1. The smallest absolute Gasteiger partial charge is 0.323 e. The van der Waals surface area contributed by atoms with Crippen molar-refractivity contribution < 1.29 is 9.53 Å². The van der Waals surface area contributed by atoms with Crippen LogP contribution in [0.3, 0.4) is 0 Å². The van der Waals surface area contributed by atoms with E-state index in [0.717, 1.165) is 18.0 Å². The first-order valence-electron chi connectivity index (χ1n) is 7.89. The van der Waals surface area contributed by atoms with Crippen LogP contribution in [0.5, 0.6) is 5.75 Å². The number of carbonyl (C=O) groups is 1. The monoisotopic (exact) mass is 327 g/mol. The molecule has 7 heteroatoms. The van der Waals surface area contributed by atoms with Gasteiger partial charge in [0.2, 0.25) is 0 Å². The molecule has 1 aliphatic rings. The Morgan fingerprint density at radius 1 is 1.25 bits per heavy atom. The Morgan fingerprint density at radius 3 is 2.83 bits per heavy atom. The molecule has 1 atom stereocenters. The Balaban J connectivity index is 1.59. The van der Waals surface area contributed by atoms with Crippen LogP contribution in [-0.4, -0.2) is 54.2 Å². The van der Waals surface area contributed by atoms with Gasteiger partial charge in [0.15, 0.2) is 11.6 Å². The van der Waals surface area contributed by atoms with E-state index in [1.165, 1.54) is 0 Å². The minimum atomic E-state index is -0.154. The van der Waals surface area contributed by atoms with Crippen LogP contribution in [0, 0.1) is 0 Å². The first-order valence-corrected chi connectivity index (χ1v) is 7.89. The zero-order valence-corrected chi connectivity index (χ0v) is 13.8. The van der Waals surface area contributed by atoms with Crippen molar-refractivity contribution >= 4 is 17.7 Å². The fourth-order valence-electron chi connectivity index (χ4n) is 2.62. The van der Waals surface area contributed by atoms with E-state index in [0.29, 0.717) is 18.9 Å². The van der Waals surface area contributed by atoms with Gasteiger partial charge in [-0.25, -0.2) is 14.8 Å². The normalized spacial score (nSPS) is 16.8. The van der Waals surface area contributed by atoms with Crippen molar-refractivity contribution in [3.05, 3.63) is 42.7 Å². The lowest BCUT2D eigenvalue weighted by Gasteiger charge is -2.20. The predicted octanol–water partition coefficient (Wildman–Crippen LogP) is 2.23. The van der Waals surface area contributed by atoms with E-state index in [4.69, 9.17) is 4.74 Å². The molecule has 0 spiro atoms. The molecule has 7 nitrogen and oxygen atoms in total. The molecule has 2 aromatic heterocycles. The lowest BCUT2D eigenvalue weighted by Crippen LogP contribution is -2.34. The molecule has 2 aromatic rings. The van der Waals surface area contributed by atoms with Crippen LogP contribution in [0.1, 0.15) is 6.42 Å². The Bertz CT molecular complexity index is 692. The molecule has 1 fully saturated rings. The van der Waals surface area contributed by atoms with Gasteiger partial charge >= 0.3 is 6.03 Å². The van der Waals surface area contributed by atoms with Crippen molar-refractivity contribution in [1.82, 2.24) is 14.9 Å². The third-order valence-corrected chi connectivity index (χ3v) is 3.80. The summed E-state index contributed by atoms with van der Waals surface area (Å²) >= 11 is 0. The molecule has 3 rings (SSSR count). The maximum atomic E-state index is 12.3. The summed E-state index contributed by atoms with van der Waals surface area (Å²) in [6.45, 7) is 1.20. The van der Waals surface area contributed by atoms with Crippen molar-refractivity contribution in [3.63, 3.8) is 0 Å². The highest BCUT2D eigenvalue weighted by Crippen LogP contribution is 2.26. The average Bonchev–Trinajstić information content (AvgIpc) is 3.05. The van der Waals surface area contributed by atoms with Crippen molar-refractivity contribution in [2.24, 2.45) is 0 Å². The lowest BCUT2D eigenvalue weighted by molar-refractivity contribution is 0.195. The van der Waals surface area contributed by atoms with Crippen molar-refractivity contribution in [3.8, 4) is 5.75 Å². The first kappa shape index (κ1) is 16.0. The number of nitrogens with zero attached hydrogens (tertiary/aromatic N) is 4. The third kappa shape index (κ3) is 3.73. The Hall–Kier alpha value is -2.83. The van der Waals surface area contributed by atoms with Crippen molar-refractivity contribution in [2.75, 3.05) is 37.4 Å².